The van der Waals surface area contributed by atoms with Gasteiger partial charge >= 0.3 is 0 Å². The van der Waals surface area contributed by atoms with Gasteiger partial charge in [0.1, 0.15) is 5.75 Å². The van der Waals surface area contributed by atoms with E-state index in [1.807, 2.05) is 12.1 Å². The molecule has 18 heavy (non-hydrogen) atoms. The van der Waals surface area contributed by atoms with Crippen LogP contribution in [0.1, 0.15) is 39.4 Å². The van der Waals surface area contributed by atoms with Gasteiger partial charge in [-0.3, -0.25) is 0 Å². The van der Waals surface area contributed by atoms with Crippen molar-refractivity contribution in [1.82, 2.24) is 0 Å². The zero-order valence-corrected chi connectivity index (χ0v) is 12.4. The van der Waals surface area contributed by atoms with Crippen LogP contribution in [-0.4, -0.2) is 12.2 Å². The monoisotopic (exact) mass is 268 g/mol. The number of rotatable bonds is 3. The molecule has 1 aromatic carbocycles. The molecule has 1 saturated carbocycles. The van der Waals surface area contributed by atoms with Gasteiger partial charge in [-0.25, -0.2) is 0 Å². The number of hydrogen-bond donors (Lipinski definition) is 1. The summed E-state index contributed by atoms with van der Waals surface area (Å²) < 4.78 is 5.12. The molecular weight excluding hydrogens is 248 g/mol. The number of hydrogen-bond acceptors (Lipinski definition) is 2. The maximum atomic E-state index is 10.6. The molecule has 0 spiro atoms. The molecule has 1 aliphatic rings. The predicted octanol–water partition coefficient (Wildman–Crippen LogP) is 4.06. The molecular formula is C15H21ClO2. The lowest BCUT2D eigenvalue weighted by Crippen LogP contribution is -2.06. The van der Waals surface area contributed by atoms with Crippen LogP contribution >= 0.6 is 11.6 Å². The van der Waals surface area contributed by atoms with Gasteiger partial charge < -0.3 is 9.84 Å². The zero-order chi connectivity index (χ0) is 13.7. The van der Waals surface area contributed by atoms with Gasteiger partial charge in [-0.2, -0.15) is 0 Å². The molecule has 0 bridgehead atoms. The van der Waals surface area contributed by atoms with E-state index < -0.39 is 6.10 Å². The Kier molecular flexibility index (Phi) is 3.15. The Labute approximate surface area is 114 Å². The minimum Gasteiger partial charge on any atom is -0.497 e. The molecule has 0 amide bonds. The number of aliphatic hydroxyl groups is 1. The maximum Gasteiger partial charge on any atom is 0.120 e. The Morgan fingerprint density at radius 3 is 2.17 bits per heavy atom. The molecule has 0 radical (unpaired) electrons. The molecule has 100 valence electrons. The van der Waals surface area contributed by atoms with E-state index in [0.29, 0.717) is 10.8 Å². The lowest BCUT2D eigenvalue weighted by atomic mass is 9.99. The van der Waals surface area contributed by atoms with Crippen molar-refractivity contribution in [2.75, 3.05) is 7.11 Å². The largest absolute Gasteiger partial charge is 0.497 e. The van der Waals surface area contributed by atoms with Crippen molar-refractivity contribution in [3.05, 3.63) is 28.8 Å². The van der Waals surface area contributed by atoms with Gasteiger partial charge in [0, 0.05) is 5.92 Å². The summed E-state index contributed by atoms with van der Waals surface area (Å²) in [5, 5.41) is 11.1. The topological polar surface area (TPSA) is 29.5 Å². The van der Waals surface area contributed by atoms with Crippen LogP contribution < -0.4 is 4.74 Å². The van der Waals surface area contributed by atoms with Crippen LogP contribution in [0.3, 0.4) is 0 Å². The third-order valence-electron chi connectivity index (χ3n) is 4.97. The number of methoxy groups -OCH3 is 1. The highest BCUT2D eigenvalue weighted by atomic mass is 35.5. The lowest BCUT2D eigenvalue weighted by molar-refractivity contribution is 0.131. The van der Waals surface area contributed by atoms with E-state index in [-0.39, 0.29) is 16.7 Å². The Morgan fingerprint density at radius 1 is 1.22 bits per heavy atom. The number of aliphatic hydroxyl groups excluding tert-OH is 1. The molecule has 1 fully saturated rings. The smallest absolute Gasteiger partial charge is 0.120 e. The fraction of sp³-hybridized carbons (Fsp3) is 0.600. The Balaban J connectivity index is 2.29. The summed E-state index contributed by atoms with van der Waals surface area (Å²) in [5.41, 5.74) is 1.06. The number of ether oxygens (including phenoxy) is 1. The fourth-order valence-electron chi connectivity index (χ4n) is 3.09. The Hall–Kier alpha value is -0.730. The minimum absolute atomic E-state index is 0.135. The van der Waals surface area contributed by atoms with Crippen molar-refractivity contribution in [2.24, 2.45) is 16.7 Å². The van der Waals surface area contributed by atoms with Crippen molar-refractivity contribution in [2.45, 2.75) is 33.8 Å². The van der Waals surface area contributed by atoms with Crippen molar-refractivity contribution < 1.29 is 9.84 Å². The molecule has 1 aliphatic carbocycles. The summed E-state index contributed by atoms with van der Waals surface area (Å²) in [7, 11) is 1.61. The van der Waals surface area contributed by atoms with Crippen LogP contribution in [0.4, 0.5) is 0 Å². The lowest BCUT2D eigenvalue weighted by Gasteiger charge is -2.15. The molecule has 1 unspecified atom stereocenters. The summed E-state index contributed by atoms with van der Waals surface area (Å²) in [5.74, 6) is 0.946. The number of benzene rings is 1. The molecule has 3 heteroatoms. The summed E-state index contributed by atoms with van der Waals surface area (Å²) in [6.45, 7) is 8.77. The van der Waals surface area contributed by atoms with E-state index in [9.17, 15) is 5.11 Å². The van der Waals surface area contributed by atoms with Crippen molar-refractivity contribution in [1.29, 1.82) is 0 Å². The van der Waals surface area contributed by atoms with E-state index in [1.54, 1.807) is 13.2 Å². The van der Waals surface area contributed by atoms with Gasteiger partial charge in [-0.1, -0.05) is 45.4 Å². The second kappa shape index (κ2) is 4.14. The summed E-state index contributed by atoms with van der Waals surface area (Å²) in [6, 6.07) is 5.45. The first-order valence-corrected chi connectivity index (χ1v) is 6.62. The third kappa shape index (κ3) is 1.83. The molecule has 1 aromatic rings. The Bertz CT molecular complexity index is 452. The van der Waals surface area contributed by atoms with Crippen LogP contribution in [0.15, 0.2) is 18.2 Å². The summed E-state index contributed by atoms with van der Waals surface area (Å²) in [6.07, 6.45) is -0.520. The van der Waals surface area contributed by atoms with Crippen molar-refractivity contribution in [3.63, 3.8) is 0 Å². The average molecular weight is 269 g/mol. The highest BCUT2D eigenvalue weighted by Crippen LogP contribution is 2.72. The third-order valence-corrected chi connectivity index (χ3v) is 5.30. The van der Waals surface area contributed by atoms with Gasteiger partial charge in [0.2, 0.25) is 0 Å². The second-order valence-corrected chi connectivity index (χ2v) is 6.66. The normalized spacial score (nSPS) is 22.6. The summed E-state index contributed by atoms with van der Waals surface area (Å²) in [4.78, 5) is 0. The molecule has 2 rings (SSSR count). The van der Waals surface area contributed by atoms with Gasteiger partial charge in [-0.15, -0.1) is 0 Å². The SMILES string of the molecule is COc1ccc(C(O)C2C(C)(C)C2(C)C)c(Cl)c1. The van der Waals surface area contributed by atoms with Crippen LogP contribution in [0.2, 0.25) is 5.02 Å². The maximum absolute atomic E-state index is 10.6. The van der Waals surface area contributed by atoms with Crippen molar-refractivity contribution in [3.8, 4) is 5.75 Å². The van der Waals surface area contributed by atoms with Crippen LogP contribution in [-0.2, 0) is 0 Å². The standard InChI is InChI=1S/C15H21ClO2/c1-14(2)13(15(14,3)4)12(17)10-7-6-9(18-5)8-11(10)16/h6-8,12-13,17H,1-5H3. The molecule has 2 nitrogen and oxygen atoms in total. The predicted molar refractivity (Wildman–Crippen MR) is 74.0 cm³/mol. The minimum atomic E-state index is -0.520. The van der Waals surface area contributed by atoms with E-state index in [4.69, 9.17) is 16.3 Å². The molecule has 1 atom stereocenters. The number of halogens is 1. The molecule has 0 aliphatic heterocycles. The average Bonchev–Trinajstić information content (AvgIpc) is 2.68. The molecule has 0 heterocycles. The van der Waals surface area contributed by atoms with Gasteiger partial charge in [-0.05, 0) is 28.5 Å². The summed E-state index contributed by atoms with van der Waals surface area (Å²) >= 11 is 6.22. The van der Waals surface area contributed by atoms with E-state index in [2.05, 4.69) is 27.7 Å². The van der Waals surface area contributed by atoms with Crippen LogP contribution in [0.25, 0.3) is 0 Å². The first-order valence-electron chi connectivity index (χ1n) is 6.25. The molecule has 0 saturated heterocycles. The first kappa shape index (κ1) is 13.7. The first-order chi connectivity index (χ1) is 8.23. The van der Waals surface area contributed by atoms with Crippen LogP contribution in [0.5, 0.6) is 5.75 Å². The zero-order valence-electron chi connectivity index (χ0n) is 11.6. The Morgan fingerprint density at radius 2 is 1.78 bits per heavy atom. The molecule has 1 N–H and O–H groups in total. The fourth-order valence-corrected chi connectivity index (χ4v) is 3.37. The van der Waals surface area contributed by atoms with Crippen LogP contribution in [0, 0.1) is 16.7 Å². The van der Waals surface area contributed by atoms with E-state index in [0.717, 1.165) is 5.56 Å². The molecule has 0 aromatic heterocycles. The second-order valence-electron chi connectivity index (χ2n) is 6.25. The van der Waals surface area contributed by atoms with Gasteiger partial charge in [0.15, 0.2) is 0 Å². The highest BCUT2D eigenvalue weighted by Gasteiger charge is 2.67. The van der Waals surface area contributed by atoms with Gasteiger partial charge in [0.05, 0.1) is 18.2 Å². The highest BCUT2D eigenvalue weighted by molar-refractivity contribution is 6.31. The van der Waals surface area contributed by atoms with E-state index in [1.165, 1.54) is 0 Å². The van der Waals surface area contributed by atoms with Crippen molar-refractivity contribution >= 4 is 11.6 Å². The van der Waals surface area contributed by atoms with Gasteiger partial charge in [0.25, 0.3) is 0 Å². The van der Waals surface area contributed by atoms with E-state index >= 15 is 0 Å². The quantitative estimate of drug-likeness (QED) is 0.896.